The standard InChI is InChI=1S/C14H19N3O3/c1-11-3-5-12(6-4-11)15-13(18)16-7-9-17(10-8-16)14(19)20-2/h3-6H,7-10H2,1-2H3,(H,15,18). The molecule has 0 unspecified atom stereocenters. The third-order valence-electron chi connectivity index (χ3n) is 3.30. The number of hydrogen-bond donors (Lipinski definition) is 1. The number of carbonyl (C=O) groups is 2. The molecule has 0 spiro atoms. The summed E-state index contributed by atoms with van der Waals surface area (Å²) in [7, 11) is 1.36. The summed E-state index contributed by atoms with van der Waals surface area (Å²) in [5.74, 6) is 0. The number of nitrogens with one attached hydrogen (secondary N) is 1. The molecule has 20 heavy (non-hydrogen) atoms. The number of hydrogen-bond acceptors (Lipinski definition) is 3. The molecule has 1 aliphatic rings. The first-order chi connectivity index (χ1) is 9.60. The van der Waals surface area contributed by atoms with Gasteiger partial charge in [-0.25, -0.2) is 9.59 Å². The molecule has 1 aromatic carbocycles. The van der Waals surface area contributed by atoms with E-state index in [1.807, 2.05) is 31.2 Å². The lowest BCUT2D eigenvalue weighted by molar-refractivity contribution is 0.0993. The summed E-state index contributed by atoms with van der Waals surface area (Å²) >= 11 is 0. The van der Waals surface area contributed by atoms with E-state index in [4.69, 9.17) is 0 Å². The van der Waals surface area contributed by atoms with Crippen LogP contribution in [0.2, 0.25) is 0 Å². The van der Waals surface area contributed by atoms with Crippen molar-refractivity contribution in [3.05, 3.63) is 29.8 Å². The summed E-state index contributed by atoms with van der Waals surface area (Å²) in [5.41, 5.74) is 1.92. The van der Waals surface area contributed by atoms with E-state index in [1.54, 1.807) is 9.80 Å². The molecular weight excluding hydrogens is 258 g/mol. The maximum atomic E-state index is 12.1. The first kappa shape index (κ1) is 14.2. The van der Waals surface area contributed by atoms with Gasteiger partial charge in [0.2, 0.25) is 0 Å². The summed E-state index contributed by atoms with van der Waals surface area (Å²) in [5, 5.41) is 2.85. The molecule has 6 heteroatoms. The summed E-state index contributed by atoms with van der Waals surface area (Å²) in [6.45, 7) is 4.00. The van der Waals surface area contributed by atoms with Gasteiger partial charge >= 0.3 is 12.1 Å². The molecule has 1 saturated heterocycles. The van der Waals surface area contributed by atoms with Gasteiger partial charge in [0.25, 0.3) is 0 Å². The molecule has 0 radical (unpaired) electrons. The average Bonchev–Trinajstić information content (AvgIpc) is 2.49. The number of rotatable bonds is 1. The van der Waals surface area contributed by atoms with E-state index >= 15 is 0 Å². The Morgan fingerprint density at radius 2 is 1.60 bits per heavy atom. The van der Waals surface area contributed by atoms with Gasteiger partial charge in [0.1, 0.15) is 0 Å². The van der Waals surface area contributed by atoms with Crippen LogP contribution in [-0.2, 0) is 4.74 Å². The van der Waals surface area contributed by atoms with Crippen molar-refractivity contribution in [2.45, 2.75) is 6.92 Å². The van der Waals surface area contributed by atoms with Gasteiger partial charge in [-0.3, -0.25) is 0 Å². The van der Waals surface area contributed by atoms with Gasteiger partial charge in [0.05, 0.1) is 7.11 Å². The van der Waals surface area contributed by atoms with E-state index in [1.165, 1.54) is 7.11 Å². The normalized spacial score (nSPS) is 14.9. The molecule has 1 N–H and O–H groups in total. The molecule has 1 aliphatic heterocycles. The second-order valence-corrected chi connectivity index (χ2v) is 4.74. The minimum Gasteiger partial charge on any atom is -0.453 e. The molecule has 2 rings (SSSR count). The lowest BCUT2D eigenvalue weighted by Crippen LogP contribution is -2.51. The van der Waals surface area contributed by atoms with Crippen LogP contribution < -0.4 is 5.32 Å². The van der Waals surface area contributed by atoms with Gasteiger partial charge in [0.15, 0.2) is 0 Å². The van der Waals surface area contributed by atoms with Crippen molar-refractivity contribution in [2.75, 3.05) is 38.6 Å². The monoisotopic (exact) mass is 277 g/mol. The highest BCUT2D eigenvalue weighted by atomic mass is 16.5. The first-order valence-corrected chi connectivity index (χ1v) is 6.55. The number of nitrogens with zero attached hydrogens (tertiary/aromatic N) is 2. The maximum absolute atomic E-state index is 12.1. The zero-order chi connectivity index (χ0) is 14.5. The van der Waals surface area contributed by atoms with Crippen LogP contribution in [0.5, 0.6) is 0 Å². The average molecular weight is 277 g/mol. The molecule has 0 aromatic heterocycles. The molecule has 1 aromatic rings. The summed E-state index contributed by atoms with van der Waals surface area (Å²) in [4.78, 5) is 26.7. The number of urea groups is 1. The van der Waals surface area contributed by atoms with E-state index < -0.39 is 0 Å². The second kappa shape index (κ2) is 6.27. The molecule has 3 amide bonds. The Bertz CT molecular complexity index is 479. The van der Waals surface area contributed by atoms with Gasteiger partial charge in [-0.1, -0.05) is 17.7 Å². The number of aryl methyl sites for hydroxylation is 1. The van der Waals surface area contributed by atoms with Crippen molar-refractivity contribution in [1.29, 1.82) is 0 Å². The molecule has 0 saturated carbocycles. The number of methoxy groups -OCH3 is 1. The number of carbonyl (C=O) groups excluding carboxylic acids is 2. The zero-order valence-corrected chi connectivity index (χ0v) is 11.8. The number of benzene rings is 1. The van der Waals surface area contributed by atoms with Crippen LogP contribution in [0.3, 0.4) is 0 Å². The Balaban J connectivity index is 1.85. The zero-order valence-electron chi connectivity index (χ0n) is 11.8. The topological polar surface area (TPSA) is 61.9 Å². The molecule has 1 fully saturated rings. The van der Waals surface area contributed by atoms with Crippen molar-refractivity contribution >= 4 is 17.8 Å². The lowest BCUT2D eigenvalue weighted by atomic mass is 10.2. The van der Waals surface area contributed by atoms with Crippen molar-refractivity contribution in [1.82, 2.24) is 9.80 Å². The number of ether oxygens (including phenoxy) is 1. The Labute approximate surface area is 118 Å². The van der Waals surface area contributed by atoms with E-state index in [-0.39, 0.29) is 12.1 Å². The van der Waals surface area contributed by atoms with Crippen LogP contribution >= 0.6 is 0 Å². The van der Waals surface area contributed by atoms with Crippen LogP contribution in [0.1, 0.15) is 5.56 Å². The second-order valence-electron chi connectivity index (χ2n) is 4.74. The predicted octanol–water partition coefficient (Wildman–Crippen LogP) is 1.91. The van der Waals surface area contributed by atoms with Gasteiger partial charge in [0, 0.05) is 31.9 Å². The Morgan fingerprint density at radius 3 is 2.15 bits per heavy atom. The van der Waals surface area contributed by atoms with Crippen LogP contribution in [0, 0.1) is 6.92 Å². The van der Waals surface area contributed by atoms with Crippen molar-refractivity contribution in [2.24, 2.45) is 0 Å². The fourth-order valence-corrected chi connectivity index (χ4v) is 2.06. The summed E-state index contributed by atoms with van der Waals surface area (Å²) in [6, 6.07) is 7.50. The molecular formula is C14H19N3O3. The predicted molar refractivity (Wildman–Crippen MR) is 75.7 cm³/mol. The van der Waals surface area contributed by atoms with Gasteiger partial charge < -0.3 is 19.9 Å². The van der Waals surface area contributed by atoms with Gasteiger partial charge in [-0.2, -0.15) is 0 Å². The highest BCUT2D eigenvalue weighted by Crippen LogP contribution is 2.11. The molecule has 0 bridgehead atoms. The number of piperazine rings is 1. The Hall–Kier alpha value is -2.24. The number of anilines is 1. The molecule has 0 aliphatic carbocycles. The summed E-state index contributed by atoms with van der Waals surface area (Å²) < 4.78 is 4.66. The number of amides is 3. The van der Waals surface area contributed by atoms with Crippen LogP contribution in [-0.4, -0.2) is 55.2 Å². The van der Waals surface area contributed by atoms with Crippen molar-refractivity contribution in [3.63, 3.8) is 0 Å². The largest absolute Gasteiger partial charge is 0.453 e. The third kappa shape index (κ3) is 3.40. The minimum absolute atomic E-state index is 0.140. The molecule has 108 valence electrons. The van der Waals surface area contributed by atoms with Crippen molar-refractivity contribution in [3.8, 4) is 0 Å². The lowest BCUT2D eigenvalue weighted by Gasteiger charge is -2.33. The van der Waals surface area contributed by atoms with Crippen molar-refractivity contribution < 1.29 is 14.3 Å². The van der Waals surface area contributed by atoms with Crippen LogP contribution in [0.15, 0.2) is 24.3 Å². The first-order valence-electron chi connectivity index (χ1n) is 6.55. The molecule has 6 nitrogen and oxygen atoms in total. The SMILES string of the molecule is COC(=O)N1CCN(C(=O)Nc2ccc(C)cc2)CC1. The third-order valence-corrected chi connectivity index (χ3v) is 3.30. The quantitative estimate of drug-likeness (QED) is 0.853. The van der Waals surface area contributed by atoms with E-state index in [2.05, 4.69) is 10.1 Å². The van der Waals surface area contributed by atoms with Crippen LogP contribution in [0.25, 0.3) is 0 Å². The minimum atomic E-state index is -0.344. The highest BCUT2D eigenvalue weighted by molar-refractivity contribution is 5.89. The van der Waals surface area contributed by atoms with Gasteiger partial charge in [-0.15, -0.1) is 0 Å². The Morgan fingerprint density at radius 1 is 1.05 bits per heavy atom. The maximum Gasteiger partial charge on any atom is 0.409 e. The fraction of sp³-hybridized carbons (Fsp3) is 0.429. The molecule has 1 heterocycles. The van der Waals surface area contributed by atoms with E-state index in [0.29, 0.717) is 26.2 Å². The highest BCUT2D eigenvalue weighted by Gasteiger charge is 2.24. The fourth-order valence-electron chi connectivity index (χ4n) is 2.06. The van der Waals surface area contributed by atoms with E-state index in [0.717, 1.165) is 11.3 Å². The molecule has 0 atom stereocenters. The smallest absolute Gasteiger partial charge is 0.409 e. The Kier molecular flexibility index (Phi) is 4.45. The van der Waals surface area contributed by atoms with E-state index in [9.17, 15) is 9.59 Å². The van der Waals surface area contributed by atoms with Gasteiger partial charge in [-0.05, 0) is 19.1 Å². The summed E-state index contributed by atoms with van der Waals surface area (Å²) in [6.07, 6.45) is -0.344. The van der Waals surface area contributed by atoms with Crippen LogP contribution in [0.4, 0.5) is 15.3 Å².